The van der Waals surface area contributed by atoms with Crippen molar-refractivity contribution in [3.8, 4) is 6.07 Å². The number of nitrogens with one attached hydrogen (secondary N) is 1. The predicted molar refractivity (Wildman–Crippen MR) is 70.6 cm³/mol. The molecule has 7 heteroatoms. The van der Waals surface area contributed by atoms with Crippen LogP contribution in [0.5, 0.6) is 0 Å². The highest BCUT2D eigenvalue weighted by molar-refractivity contribution is 5.89. The molecular formula is C13H14N4O3. The molecule has 2 rings (SSSR count). The number of ether oxygens (including phenoxy) is 1. The van der Waals surface area contributed by atoms with Gasteiger partial charge in [0.05, 0.1) is 17.9 Å². The Morgan fingerprint density at radius 3 is 2.75 bits per heavy atom. The van der Waals surface area contributed by atoms with E-state index in [1.807, 2.05) is 6.07 Å². The summed E-state index contributed by atoms with van der Waals surface area (Å²) in [5, 5.41) is 11.9. The molecule has 20 heavy (non-hydrogen) atoms. The number of nitrogens with zero attached hydrogens (tertiary/aromatic N) is 3. The van der Waals surface area contributed by atoms with Crippen molar-refractivity contribution >= 4 is 11.6 Å². The van der Waals surface area contributed by atoms with Crippen molar-refractivity contribution in [1.82, 2.24) is 14.6 Å². The Labute approximate surface area is 114 Å². The average Bonchev–Trinajstić information content (AvgIpc) is 2.75. The minimum Gasteiger partial charge on any atom is -0.461 e. The number of carbonyl (C=O) groups is 1. The average molecular weight is 274 g/mol. The van der Waals surface area contributed by atoms with Crippen LogP contribution in [-0.2, 0) is 11.2 Å². The molecule has 0 unspecified atom stereocenters. The number of hydrogen-bond donors (Lipinski definition) is 1. The summed E-state index contributed by atoms with van der Waals surface area (Å²) in [6.45, 7) is 5.30. The third-order valence-corrected chi connectivity index (χ3v) is 2.99. The lowest BCUT2D eigenvalue weighted by atomic mass is 10.1. The molecule has 0 aliphatic carbocycles. The first kappa shape index (κ1) is 13.8. The van der Waals surface area contributed by atoms with Crippen LogP contribution in [0.15, 0.2) is 4.79 Å². The molecular weight excluding hydrogens is 260 g/mol. The maximum atomic E-state index is 12.3. The molecule has 0 saturated heterocycles. The maximum absolute atomic E-state index is 12.3. The standard InChI is InChI=1S/C13H14N4O3/c1-4-8-10(13(19)20-5-2)15-11-9(6-14)7(3)16-17(11)12(8)18/h16H,4-5H2,1-3H3. The zero-order chi connectivity index (χ0) is 14.9. The summed E-state index contributed by atoms with van der Waals surface area (Å²) in [5.41, 5.74) is 0.789. The Balaban J connectivity index is 2.85. The number of rotatable bonds is 3. The van der Waals surface area contributed by atoms with Gasteiger partial charge in [0.1, 0.15) is 11.6 Å². The summed E-state index contributed by atoms with van der Waals surface area (Å²) in [6, 6.07) is 1.98. The molecule has 1 N–H and O–H groups in total. The Kier molecular flexibility index (Phi) is 3.57. The van der Waals surface area contributed by atoms with Crippen molar-refractivity contribution in [2.24, 2.45) is 0 Å². The molecule has 2 heterocycles. The molecule has 2 aromatic heterocycles. The number of esters is 1. The van der Waals surface area contributed by atoms with Crippen molar-refractivity contribution in [2.45, 2.75) is 27.2 Å². The highest BCUT2D eigenvalue weighted by Crippen LogP contribution is 2.13. The molecule has 0 aliphatic heterocycles. The molecule has 2 aromatic rings. The Hall–Kier alpha value is -2.62. The number of hydrogen-bond acceptors (Lipinski definition) is 5. The predicted octanol–water partition coefficient (Wildman–Crippen LogP) is 0.942. The van der Waals surface area contributed by atoms with Gasteiger partial charge in [-0.2, -0.15) is 9.78 Å². The van der Waals surface area contributed by atoms with E-state index in [0.717, 1.165) is 0 Å². The molecule has 0 saturated carbocycles. The van der Waals surface area contributed by atoms with Gasteiger partial charge in [-0.1, -0.05) is 6.92 Å². The van der Waals surface area contributed by atoms with E-state index >= 15 is 0 Å². The van der Waals surface area contributed by atoms with Gasteiger partial charge in [-0.3, -0.25) is 9.89 Å². The number of H-pyrrole nitrogens is 1. The second-order valence-electron chi connectivity index (χ2n) is 4.20. The van der Waals surface area contributed by atoms with Crippen molar-refractivity contribution in [3.05, 3.63) is 32.9 Å². The topological polar surface area (TPSA) is 100 Å². The number of nitriles is 1. The van der Waals surface area contributed by atoms with Gasteiger partial charge in [-0.25, -0.2) is 9.78 Å². The lowest BCUT2D eigenvalue weighted by molar-refractivity contribution is 0.0518. The minimum atomic E-state index is -0.647. The first-order valence-corrected chi connectivity index (χ1v) is 6.26. The van der Waals surface area contributed by atoms with Gasteiger partial charge in [0.2, 0.25) is 0 Å². The van der Waals surface area contributed by atoms with E-state index in [2.05, 4.69) is 10.1 Å². The summed E-state index contributed by atoms with van der Waals surface area (Å²) in [5.74, 6) is -0.647. The zero-order valence-corrected chi connectivity index (χ0v) is 11.5. The fourth-order valence-corrected chi connectivity index (χ4v) is 2.04. The smallest absolute Gasteiger partial charge is 0.357 e. The fraction of sp³-hybridized carbons (Fsp3) is 0.385. The molecule has 0 atom stereocenters. The third-order valence-electron chi connectivity index (χ3n) is 2.99. The number of aromatic amines is 1. The first-order chi connectivity index (χ1) is 9.54. The number of aromatic nitrogens is 3. The molecule has 0 aliphatic rings. The van der Waals surface area contributed by atoms with Gasteiger partial charge in [-0.05, 0) is 20.3 Å². The van der Waals surface area contributed by atoms with Gasteiger partial charge in [0, 0.05) is 0 Å². The largest absolute Gasteiger partial charge is 0.461 e. The molecule has 0 bridgehead atoms. The number of aryl methyl sites for hydroxylation is 1. The normalized spacial score (nSPS) is 10.5. The Morgan fingerprint density at radius 1 is 1.50 bits per heavy atom. The molecule has 0 fully saturated rings. The van der Waals surface area contributed by atoms with E-state index in [0.29, 0.717) is 12.1 Å². The lowest BCUT2D eigenvalue weighted by Gasteiger charge is -2.06. The van der Waals surface area contributed by atoms with Crippen LogP contribution in [0.25, 0.3) is 5.65 Å². The van der Waals surface area contributed by atoms with E-state index in [1.54, 1.807) is 20.8 Å². The second-order valence-corrected chi connectivity index (χ2v) is 4.20. The summed E-state index contributed by atoms with van der Waals surface area (Å²) >= 11 is 0. The zero-order valence-electron chi connectivity index (χ0n) is 11.5. The van der Waals surface area contributed by atoms with Crippen LogP contribution in [-0.4, -0.2) is 27.2 Å². The number of carbonyl (C=O) groups excluding carboxylic acids is 1. The molecule has 104 valence electrons. The Morgan fingerprint density at radius 2 is 2.20 bits per heavy atom. The molecule has 0 amide bonds. The minimum absolute atomic E-state index is 0.0187. The first-order valence-electron chi connectivity index (χ1n) is 6.26. The van der Waals surface area contributed by atoms with E-state index in [4.69, 9.17) is 10.00 Å². The summed E-state index contributed by atoms with van der Waals surface area (Å²) in [7, 11) is 0. The van der Waals surface area contributed by atoms with E-state index < -0.39 is 5.97 Å². The molecule has 0 aromatic carbocycles. The van der Waals surface area contributed by atoms with Gasteiger partial charge in [0.15, 0.2) is 11.3 Å². The maximum Gasteiger partial charge on any atom is 0.357 e. The monoisotopic (exact) mass is 274 g/mol. The SMILES string of the molecule is CCOC(=O)c1nc2c(C#N)c(C)[nH]n2c(=O)c1CC. The van der Waals surface area contributed by atoms with E-state index in [9.17, 15) is 9.59 Å². The summed E-state index contributed by atoms with van der Waals surface area (Å²) in [6.07, 6.45) is 0.350. The number of fused-ring (bicyclic) bond motifs is 1. The van der Waals surface area contributed by atoms with Gasteiger partial charge >= 0.3 is 5.97 Å². The van der Waals surface area contributed by atoms with Crippen LogP contribution in [0, 0.1) is 18.3 Å². The van der Waals surface area contributed by atoms with Crippen LogP contribution >= 0.6 is 0 Å². The lowest BCUT2D eigenvalue weighted by Crippen LogP contribution is -2.25. The van der Waals surface area contributed by atoms with Crippen LogP contribution < -0.4 is 5.56 Å². The van der Waals surface area contributed by atoms with Crippen molar-refractivity contribution in [2.75, 3.05) is 6.61 Å². The van der Waals surface area contributed by atoms with Crippen LogP contribution in [0.2, 0.25) is 0 Å². The molecule has 7 nitrogen and oxygen atoms in total. The molecule has 0 radical (unpaired) electrons. The van der Waals surface area contributed by atoms with E-state index in [1.165, 1.54) is 4.52 Å². The van der Waals surface area contributed by atoms with Crippen molar-refractivity contribution in [1.29, 1.82) is 5.26 Å². The van der Waals surface area contributed by atoms with Gasteiger partial charge < -0.3 is 4.74 Å². The highest BCUT2D eigenvalue weighted by Gasteiger charge is 2.22. The second kappa shape index (κ2) is 5.17. The van der Waals surface area contributed by atoms with Crippen LogP contribution in [0.4, 0.5) is 0 Å². The molecule has 0 spiro atoms. The van der Waals surface area contributed by atoms with Gasteiger partial charge in [-0.15, -0.1) is 0 Å². The summed E-state index contributed by atoms with van der Waals surface area (Å²) in [4.78, 5) is 28.4. The van der Waals surface area contributed by atoms with Crippen LogP contribution in [0.1, 0.15) is 41.2 Å². The highest BCUT2D eigenvalue weighted by atomic mass is 16.5. The Bertz CT molecular complexity index is 779. The van der Waals surface area contributed by atoms with Gasteiger partial charge in [0.25, 0.3) is 5.56 Å². The van der Waals surface area contributed by atoms with E-state index in [-0.39, 0.29) is 34.6 Å². The van der Waals surface area contributed by atoms with Crippen molar-refractivity contribution < 1.29 is 9.53 Å². The third kappa shape index (κ3) is 1.95. The fourth-order valence-electron chi connectivity index (χ4n) is 2.04. The van der Waals surface area contributed by atoms with Crippen LogP contribution in [0.3, 0.4) is 0 Å². The van der Waals surface area contributed by atoms with Crippen molar-refractivity contribution in [3.63, 3.8) is 0 Å². The quantitative estimate of drug-likeness (QED) is 0.839. The summed E-state index contributed by atoms with van der Waals surface area (Å²) < 4.78 is 6.10.